The number of allylic oxidation sites excluding steroid dienone is 1. The van der Waals surface area contributed by atoms with Gasteiger partial charge in [-0.3, -0.25) is 14.8 Å². The van der Waals surface area contributed by atoms with E-state index in [9.17, 15) is 14.7 Å². The molecule has 1 aliphatic rings. The molecular weight excluding hydrogens is 386 g/mol. The third kappa shape index (κ3) is 3.08. The van der Waals surface area contributed by atoms with Gasteiger partial charge in [0.25, 0.3) is 5.56 Å². The Morgan fingerprint density at radius 1 is 1.10 bits per heavy atom. The van der Waals surface area contributed by atoms with E-state index in [1.807, 2.05) is 31.2 Å². The lowest BCUT2D eigenvalue weighted by atomic mass is 10.0. The molecule has 0 saturated heterocycles. The number of fused-ring (bicyclic) bond motifs is 1. The quantitative estimate of drug-likeness (QED) is 0.694. The van der Waals surface area contributed by atoms with Gasteiger partial charge >= 0.3 is 5.69 Å². The van der Waals surface area contributed by atoms with E-state index >= 15 is 0 Å². The average molecular weight is 405 g/mol. The zero-order valence-corrected chi connectivity index (χ0v) is 16.6. The highest BCUT2D eigenvalue weighted by Crippen LogP contribution is 2.36. The van der Waals surface area contributed by atoms with Crippen molar-refractivity contribution in [3.63, 3.8) is 0 Å². The van der Waals surface area contributed by atoms with Gasteiger partial charge in [0.15, 0.2) is 0 Å². The van der Waals surface area contributed by atoms with Crippen LogP contribution >= 0.6 is 0 Å². The number of benzene rings is 2. The van der Waals surface area contributed by atoms with Crippen LogP contribution in [-0.4, -0.2) is 34.6 Å². The minimum atomic E-state index is -0.802. The zero-order chi connectivity index (χ0) is 21.4. The third-order valence-corrected chi connectivity index (χ3v) is 4.91. The van der Waals surface area contributed by atoms with Gasteiger partial charge in [-0.25, -0.2) is 9.36 Å². The molecule has 2 N–H and O–H groups in total. The Labute approximate surface area is 171 Å². The first-order valence-corrected chi connectivity index (χ1v) is 9.12. The molecule has 30 heavy (non-hydrogen) atoms. The van der Waals surface area contributed by atoms with Crippen LogP contribution in [0.2, 0.25) is 0 Å². The first kappa shape index (κ1) is 19.3. The number of aromatic hydroxyl groups is 1. The molecule has 2 aromatic carbocycles. The highest BCUT2D eigenvalue weighted by molar-refractivity contribution is 6.31. The molecule has 1 aromatic heterocycles. The van der Waals surface area contributed by atoms with Crippen LogP contribution in [0.15, 0.2) is 57.0 Å². The van der Waals surface area contributed by atoms with E-state index in [4.69, 9.17) is 9.47 Å². The fourth-order valence-electron chi connectivity index (χ4n) is 3.42. The molecule has 1 aliphatic heterocycles. The SMILES string of the molecule is COc1ccc(OC)c(-n2c(O)c(/C=C3\C(C)=Nc4ccccc43)c(=O)[nH]c2=O)c1. The van der Waals surface area contributed by atoms with Crippen molar-refractivity contribution >= 4 is 23.0 Å². The van der Waals surface area contributed by atoms with Gasteiger partial charge in [-0.05, 0) is 31.2 Å². The molecule has 152 valence electrons. The summed E-state index contributed by atoms with van der Waals surface area (Å²) >= 11 is 0. The highest BCUT2D eigenvalue weighted by Gasteiger charge is 2.22. The van der Waals surface area contributed by atoms with Crippen molar-refractivity contribution in [3.8, 4) is 23.1 Å². The van der Waals surface area contributed by atoms with E-state index < -0.39 is 17.1 Å². The van der Waals surface area contributed by atoms with Crippen molar-refractivity contribution in [3.05, 3.63) is 74.4 Å². The largest absolute Gasteiger partial charge is 0.497 e. The molecule has 0 radical (unpaired) electrons. The molecular formula is C22H19N3O5. The number of aromatic amines is 1. The number of aliphatic imine (C=N–C) groups is 1. The highest BCUT2D eigenvalue weighted by atomic mass is 16.5. The number of ether oxygens (including phenoxy) is 2. The summed E-state index contributed by atoms with van der Waals surface area (Å²) in [7, 11) is 2.92. The minimum Gasteiger partial charge on any atom is -0.497 e. The number of hydrogen-bond acceptors (Lipinski definition) is 6. The van der Waals surface area contributed by atoms with Crippen molar-refractivity contribution in [2.75, 3.05) is 14.2 Å². The van der Waals surface area contributed by atoms with E-state index in [2.05, 4.69) is 9.98 Å². The van der Waals surface area contributed by atoms with Crippen molar-refractivity contribution in [2.45, 2.75) is 6.92 Å². The monoisotopic (exact) mass is 405 g/mol. The molecule has 0 spiro atoms. The van der Waals surface area contributed by atoms with Crippen LogP contribution in [0.4, 0.5) is 5.69 Å². The summed E-state index contributed by atoms with van der Waals surface area (Å²) in [5.74, 6) is 0.263. The van der Waals surface area contributed by atoms with E-state index in [0.29, 0.717) is 22.8 Å². The molecule has 3 aromatic rings. The van der Waals surface area contributed by atoms with Crippen LogP contribution in [0.25, 0.3) is 17.3 Å². The summed E-state index contributed by atoms with van der Waals surface area (Å²) in [6, 6.07) is 12.3. The molecule has 0 unspecified atom stereocenters. The summed E-state index contributed by atoms with van der Waals surface area (Å²) in [4.78, 5) is 31.9. The minimum absolute atomic E-state index is 0.0688. The van der Waals surface area contributed by atoms with Crippen LogP contribution in [0.3, 0.4) is 0 Å². The second-order valence-electron chi connectivity index (χ2n) is 6.64. The number of methoxy groups -OCH3 is 2. The van der Waals surface area contributed by atoms with Crippen molar-refractivity contribution < 1.29 is 14.6 Å². The predicted molar refractivity (Wildman–Crippen MR) is 115 cm³/mol. The summed E-state index contributed by atoms with van der Waals surface area (Å²) in [6.45, 7) is 1.82. The number of hydrogen-bond donors (Lipinski definition) is 2. The molecule has 4 rings (SSSR count). The molecule has 0 bridgehead atoms. The van der Waals surface area contributed by atoms with Gasteiger partial charge < -0.3 is 14.6 Å². The molecule has 2 heterocycles. The van der Waals surface area contributed by atoms with Gasteiger partial charge in [0.2, 0.25) is 5.88 Å². The van der Waals surface area contributed by atoms with Gasteiger partial charge in [-0.1, -0.05) is 18.2 Å². The molecule has 0 saturated carbocycles. The Morgan fingerprint density at radius 3 is 2.60 bits per heavy atom. The molecule has 0 aliphatic carbocycles. The van der Waals surface area contributed by atoms with E-state index in [1.54, 1.807) is 12.1 Å². The summed E-state index contributed by atoms with van der Waals surface area (Å²) in [5.41, 5.74) is 1.66. The Bertz CT molecular complexity index is 1330. The first-order valence-electron chi connectivity index (χ1n) is 9.12. The van der Waals surface area contributed by atoms with Crippen LogP contribution < -0.4 is 20.7 Å². The van der Waals surface area contributed by atoms with Gasteiger partial charge in [0, 0.05) is 22.9 Å². The van der Waals surface area contributed by atoms with Crippen molar-refractivity contribution in [1.29, 1.82) is 0 Å². The van der Waals surface area contributed by atoms with Gasteiger partial charge in [-0.15, -0.1) is 0 Å². The first-order chi connectivity index (χ1) is 14.4. The fourth-order valence-corrected chi connectivity index (χ4v) is 3.42. The van der Waals surface area contributed by atoms with Crippen molar-refractivity contribution in [2.24, 2.45) is 4.99 Å². The van der Waals surface area contributed by atoms with Crippen molar-refractivity contribution in [1.82, 2.24) is 9.55 Å². The van der Waals surface area contributed by atoms with Crippen LogP contribution in [0.5, 0.6) is 17.4 Å². The van der Waals surface area contributed by atoms with Gasteiger partial charge in [-0.2, -0.15) is 0 Å². The van der Waals surface area contributed by atoms with E-state index in [1.165, 1.54) is 26.4 Å². The molecule has 0 amide bonds. The Balaban J connectivity index is 1.97. The number of H-pyrrole nitrogens is 1. The van der Waals surface area contributed by atoms with E-state index in [0.717, 1.165) is 15.8 Å². The van der Waals surface area contributed by atoms with Crippen LogP contribution in [0.1, 0.15) is 18.1 Å². The number of nitrogens with one attached hydrogen (secondary N) is 1. The number of rotatable bonds is 4. The second kappa shape index (κ2) is 7.40. The average Bonchev–Trinajstić information content (AvgIpc) is 3.05. The van der Waals surface area contributed by atoms with Crippen LogP contribution in [0, 0.1) is 0 Å². The molecule has 0 fully saturated rings. The predicted octanol–water partition coefficient (Wildman–Crippen LogP) is 2.90. The third-order valence-electron chi connectivity index (χ3n) is 4.91. The summed E-state index contributed by atoms with van der Waals surface area (Å²) in [5, 5.41) is 10.9. The second-order valence-corrected chi connectivity index (χ2v) is 6.64. The normalized spacial score (nSPS) is 13.8. The Hall–Kier alpha value is -4.07. The Kier molecular flexibility index (Phi) is 4.75. The van der Waals surface area contributed by atoms with Gasteiger partial charge in [0.05, 0.1) is 25.6 Å². The smallest absolute Gasteiger partial charge is 0.335 e. The molecule has 8 heteroatoms. The Morgan fingerprint density at radius 2 is 1.87 bits per heavy atom. The molecule has 0 atom stereocenters. The number of nitrogens with zero attached hydrogens (tertiary/aromatic N) is 2. The van der Waals surface area contributed by atoms with E-state index in [-0.39, 0.29) is 11.3 Å². The standard InChI is InChI=1S/C22H19N3O5/c1-12-15(14-6-4-5-7-17(14)23-12)11-16-20(26)24-22(28)25(21(16)27)18-10-13(29-2)8-9-19(18)30-3/h4-11,27H,1-3H3,(H,24,26,28)/b15-11+. The molecule has 8 nitrogen and oxygen atoms in total. The lowest BCUT2D eigenvalue weighted by Gasteiger charge is -2.14. The summed E-state index contributed by atoms with van der Waals surface area (Å²) < 4.78 is 11.5. The maximum atomic E-state index is 12.6. The lowest BCUT2D eigenvalue weighted by molar-refractivity contribution is 0.393. The zero-order valence-electron chi connectivity index (χ0n) is 16.6. The van der Waals surface area contributed by atoms with Crippen LogP contribution in [-0.2, 0) is 0 Å². The maximum Gasteiger partial charge on any atom is 0.335 e. The lowest BCUT2D eigenvalue weighted by Crippen LogP contribution is -2.30. The van der Waals surface area contributed by atoms with Gasteiger partial charge in [0.1, 0.15) is 17.1 Å². The number of para-hydroxylation sites is 1. The number of aromatic nitrogens is 2. The summed E-state index contributed by atoms with van der Waals surface area (Å²) in [6.07, 6.45) is 1.53. The topological polar surface area (TPSA) is 106 Å². The maximum absolute atomic E-state index is 12.6. The fraction of sp³-hybridized carbons (Fsp3) is 0.136.